The van der Waals surface area contributed by atoms with Crippen LogP contribution in [-0.4, -0.2) is 31.6 Å². The molecule has 0 bridgehead atoms. The number of halogens is 1. The molecule has 0 spiro atoms. The molecule has 3 aromatic heterocycles. The number of pyridine rings is 1. The van der Waals surface area contributed by atoms with Crippen LogP contribution < -0.4 is 0 Å². The second-order valence-corrected chi connectivity index (χ2v) is 11.3. The normalized spacial score (nSPS) is 12.9. The minimum atomic E-state index is -1.15. The Kier molecular flexibility index (Phi) is 6.11. The quantitative estimate of drug-likeness (QED) is 0.248. The Bertz CT molecular complexity index is 1610. The molecule has 0 radical (unpaired) electrons. The first kappa shape index (κ1) is 24.4. The molecule has 0 aliphatic carbocycles. The Morgan fingerprint density at radius 3 is 2.50 bits per heavy atom. The molecule has 1 atom stereocenters. The van der Waals surface area contributed by atoms with Crippen molar-refractivity contribution in [3.8, 4) is 21.7 Å². The molecule has 6 nitrogen and oxygen atoms in total. The summed E-state index contributed by atoms with van der Waals surface area (Å²) in [5.41, 5.74) is 6.08. The number of aromatic amines is 1. The van der Waals surface area contributed by atoms with Crippen molar-refractivity contribution in [3.05, 3.63) is 70.5 Å². The lowest BCUT2D eigenvalue weighted by Gasteiger charge is -2.28. The van der Waals surface area contributed by atoms with Gasteiger partial charge in [0.1, 0.15) is 10.7 Å². The number of nitrogens with zero attached hydrogens (tertiary/aromatic N) is 2. The van der Waals surface area contributed by atoms with E-state index in [1.807, 2.05) is 77.3 Å². The summed E-state index contributed by atoms with van der Waals surface area (Å²) in [5, 5.41) is 12.7. The van der Waals surface area contributed by atoms with Crippen molar-refractivity contribution in [1.29, 1.82) is 0 Å². The maximum Gasteiger partial charge on any atom is 0.337 e. The summed E-state index contributed by atoms with van der Waals surface area (Å²) in [6, 6.07) is 11.5. The number of carboxylic acids is 1. The number of benzene rings is 2. The number of fused-ring (bicyclic) bond motifs is 2. The molecule has 0 aliphatic heterocycles. The number of hydrogen-bond acceptors (Lipinski definition) is 5. The molecule has 0 fully saturated rings. The fraction of sp³-hybridized carbons (Fsp3) is 0.250. The Balaban J connectivity index is 1.79. The zero-order valence-corrected chi connectivity index (χ0v) is 22.2. The maximum absolute atomic E-state index is 12.5. The first-order valence-corrected chi connectivity index (χ1v) is 12.8. The smallest absolute Gasteiger partial charge is 0.337 e. The van der Waals surface area contributed by atoms with Crippen molar-refractivity contribution in [1.82, 2.24) is 15.0 Å². The molecule has 5 aromatic rings. The molecule has 184 valence electrons. The minimum absolute atomic E-state index is 0.608. The summed E-state index contributed by atoms with van der Waals surface area (Å²) >= 11 is 7.71. The van der Waals surface area contributed by atoms with E-state index < -0.39 is 17.7 Å². The lowest BCUT2D eigenvalue weighted by atomic mass is 9.91. The van der Waals surface area contributed by atoms with Crippen molar-refractivity contribution in [3.63, 3.8) is 0 Å². The highest BCUT2D eigenvalue weighted by molar-refractivity contribution is 7.22. The van der Waals surface area contributed by atoms with Crippen LogP contribution in [0.4, 0.5) is 0 Å². The second kappa shape index (κ2) is 9.00. The third kappa shape index (κ3) is 4.50. The summed E-state index contributed by atoms with van der Waals surface area (Å²) in [6.07, 6.45) is 2.61. The molecule has 2 aromatic carbocycles. The Labute approximate surface area is 217 Å². The fourth-order valence-electron chi connectivity index (χ4n) is 4.41. The van der Waals surface area contributed by atoms with Crippen LogP contribution in [0.25, 0.3) is 42.9 Å². The van der Waals surface area contributed by atoms with Gasteiger partial charge in [0.25, 0.3) is 0 Å². The van der Waals surface area contributed by atoms with Crippen LogP contribution in [0.2, 0.25) is 5.02 Å². The van der Waals surface area contributed by atoms with Gasteiger partial charge in [-0.15, -0.1) is 11.3 Å². The van der Waals surface area contributed by atoms with Crippen LogP contribution in [-0.2, 0) is 9.53 Å². The number of H-pyrrole nitrogens is 1. The number of rotatable bonds is 5. The van der Waals surface area contributed by atoms with E-state index in [1.54, 1.807) is 0 Å². The average Bonchev–Trinajstić information content (AvgIpc) is 3.40. The van der Waals surface area contributed by atoms with Gasteiger partial charge in [0.05, 0.1) is 15.8 Å². The van der Waals surface area contributed by atoms with Crippen LogP contribution in [0.15, 0.2) is 48.8 Å². The molecular weight excluding hydrogens is 494 g/mol. The molecule has 1 unspecified atom stereocenters. The molecule has 0 saturated carbocycles. The van der Waals surface area contributed by atoms with Gasteiger partial charge in [-0.05, 0) is 75.6 Å². The molecule has 36 heavy (non-hydrogen) atoms. The standard InChI is InChI=1S/C28H26ClN3O3S/c1-14-10-20-24(36-26(32-20)17-11-19-15(2)12-30-25(19)31-13-17)22(16-6-8-18(29)9-7-16)21(14)23(27(33)34)35-28(3,4)5/h6-13,23H,1-5H3,(H,30,31)(H,33,34). The predicted octanol–water partition coefficient (Wildman–Crippen LogP) is 7.72. The van der Waals surface area contributed by atoms with Crippen molar-refractivity contribution >= 4 is 50.2 Å². The first-order valence-electron chi connectivity index (χ1n) is 11.6. The highest BCUT2D eigenvalue weighted by Crippen LogP contribution is 2.44. The molecule has 5 rings (SSSR count). The Morgan fingerprint density at radius 1 is 1.11 bits per heavy atom. The number of nitrogens with one attached hydrogen (secondary N) is 1. The van der Waals surface area contributed by atoms with Crippen LogP contribution in [0.3, 0.4) is 0 Å². The van der Waals surface area contributed by atoms with Crippen LogP contribution >= 0.6 is 22.9 Å². The van der Waals surface area contributed by atoms with E-state index >= 15 is 0 Å². The number of hydrogen-bond donors (Lipinski definition) is 2. The number of aromatic nitrogens is 3. The molecule has 3 heterocycles. The molecule has 0 amide bonds. The van der Waals surface area contributed by atoms with Gasteiger partial charge in [-0.2, -0.15) is 0 Å². The summed E-state index contributed by atoms with van der Waals surface area (Å²) in [7, 11) is 0. The minimum Gasteiger partial charge on any atom is -0.479 e. The van der Waals surface area contributed by atoms with Crippen LogP contribution in [0.1, 0.15) is 43.6 Å². The average molecular weight is 520 g/mol. The van der Waals surface area contributed by atoms with Crippen LogP contribution in [0, 0.1) is 13.8 Å². The second-order valence-electron chi connectivity index (χ2n) is 9.90. The highest BCUT2D eigenvalue weighted by Gasteiger charge is 2.32. The van der Waals surface area contributed by atoms with Gasteiger partial charge >= 0.3 is 5.97 Å². The molecule has 8 heteroatoms. The Hall–Kier alpha value is -3.26. The van der Waals surface area contributed by atoms with E-state index in [0.29, 0.717) is 10.6 Å². The summed E-state index contributed by atoms with van der Waals surface area (Å²) in [6.45, 7) is 9.52. The van der Waals surface area contributed by atoms with E-state index in [2.05, 4.69) is 16.0 Å². The molecule has 2 N–H and O–H groups in total. The van der Waals surface area contributed by atoms with Crippen molar-refractivity contribution in [2.45, 2.75) is 46.3 Å². The number of ether oxygens (including phenoxy) is 1. The fourth-order valence-corrected chi connectivity index (χ4v) is 5.65. The molecular formula is C28H26ClN3O3S. The molecule has 0 saturated heterocycles. The van der Waals surface area contributed by atoms with Crippen LogP contribution in [0.5, 0.6) is 0 Å². The van der Waals surface area contributed by atoms with E-state index in [-0.39, 0.29) is 0 Å². The van der Waals surface area contributed by atoms with E-state index in [0.717, 1.165) is 54.1 Å². The first-order chi connectivity index (χ1) is 17.0. The Morgan fingerprint density at radius 2 is 1.83 bits per heavy atom. The zero-order chi connectivity index (χ0) is 25.8. The molecule has 0 aliphatic rings. The summed E-state index contributed by atoms with van der Waals surface area (Å²) < 4.78 is 6.98. The van der Waals surface area contributed by atoms with Gasteiger partial charge in [0, 0.05) is 39.5 Å². The van der Waals surface area contributed by atoms with Gasteiger partial charge in [0.15, 0.2) is 6.10 Å². The van der Waals surface area contributed by atoms with E-state index in [1.165, 1.54) is 11.3 Å². The lowest BCUT2D eigenvalue weighted by molar-refractivity contribution is -0.160. The van der Waals surface area contributed by atoms with Gasteiger partial charge in [-0.3, -0.25) is 0 Å². The number of thiazole rings is 1. The van der Waals surface area contributed by atoms with Crippen molar-refractivity contribution in [2.75, 3.05) is 0 Å². The van der Waals surface area contributed by atoms with E-state index in [9.17, 15) is 9.90 Å². The van der Waals surface area contributed by atoms with Crippen molar-refractivity contribution in [2.24, 2.45) is 0 Å². The largest absolute Gasteiger partial charge is 0.479 e. The van der Waals surface area contributed by atoms with Gasteiger partial charge in [-0.25, -0.2) is 14.8 Å². The van der Waals surface area contributed by atoms with Gasteiger partial charge < -0.3 is 14.8 Å². The summed E-state index contributed by atoms with van der Waals surface area (Å²) in [4.78, 5) is 25.2. The van der Waals surface area contributed by atoms with Gasteiger partial charge in [-0.1, -0.05) is 23.7 Å². The third-order valence-corrected chi connectivity index (χ3v) is 7.39. The van der Waals surface area contributed by atoms with E-state index in [4.69, 9.17) is 21.3 Å². The maximum atomic E-state index is 12.5. The number of carboxylic acid groups (broad SMARTS) is 1. The lowest BCUT2D eigenvalue weighted by Crippen LogP contribution is -2.28. The number of aliphatic carboxylic acids is 1. The number of carbonyl (C=O) groups is 1. The van der Waals surface area contributed by atoms with Gasteiger partial charge in [0.2, 0.25) is 0 Å². The monoisotopic (exact) mass is 519 g/mol. The third-order valence-electron chi connectivity index (χ3n) is 6.00. The van der Waals surface area contributed by atoms with Crippen molar-refractivity contribution < 1.29 is 14.6 Å². The topological polar surface area (TPSA) is 88.1 Å². The SMILES string of the molecule is Cc1cc2nc(-c3cnc4[nH]cc(C)c4c3)sc2c(-c2ccc(Cl)cc2)c1C(OC(C)(C)C)C(=O)O. The highest BCUT2D eigenvalue weighted by atomic mass is 35.5. The zero-order valence-electron chi connectivity index (χ0n) is 20.6. The summed E-state index contributed by atoms with van der Waals surface area (Å²) in [5.74, 6) is -1.04. The number of aryl methyl sites for hydroxylation is 2. The predicted molar refractivity (Wildman–Crippen MR) is 146 cm³/mol.